The summed E-state index contributed by atoms with van der Waals surface area (Å²) in [4.78, 5) is 21.4. The van der Waals surface area contributed by atoms with Crippen molar-refractivity contribution in [3.8, 4) is 0 Å². The Bertz CT molecular complexity index is 257. The summed E-state index contributed by atoms with van der Waals surface area (Å²) in [5.74, 6) is -2.40. The summed E-state index contributed by atoms with van der Waals surface area (Å²) >= 11 is 0. The predicted molar refractivity (Wildman–Crippen MR) is 49.9 cm³/mol. The molecule has 4 heteroatoms. The summed E-state index contributed by atoms with van der Waals surface area (Å²) in [6.07, 6.45) is 5.50. The van der Waals surface area contributed by atoms with Crippen LogP contribution in [0.3, 0.4) is 0 Å². The van der Waals surface area contributed by atoms with Crippen molar-refractivity contribution in [2.24, 2.45) is 11.8 Å². The maximum atomic E-state index is 10.7. The molecule has 2 N–H and O–H groups in total. The molecule has 0 spiro atoms. The number of carboxylic acid groups (broad SMARTS) is 2. The summed E-state index contributed by atoms with van der Waals surface area (Å²) in [7, 11) is 0. The van der Waals surface area contributed by atoms with E-state index in [2.05, 4.69) is 0 Å². The first-order valence-corrected chi connectivity index (χ1v) is 4.73. The minimum atomic E-state index is -0.824. The van der Waals surface area contributed by atoms with Gasteiger partial charge < -0.3 is 10.2 Å². The fourth-order valence-electron chi connectivity index (χ4n) is 1.64. The standard InChI is InChI=1S/C10H14O4/c11-9(12)7-3-1-4-8(10(13)14)6-2-5-7/h1,3,7-8H,2,4-6H2,(H,11,12)(H,13,14)/b3-1-. The van der Waals surface area contributed by atoms with Crippen molar-refractivity contribution in [1.29, 1.82) is 0 Å². The molecule has 2 atom stereocenters. The Morgan fingerprint density at radius 2 is 1.86 bits per heavy atom. The Hall–Kier alpha value is -1.32. The molecule has 0 saturated heterocycles. The molecule has 0 bridgehead atoms. The number of carbonyl (C=O) groups is 2. The second-order valence-corrected chi connectivity index (χ2v) is 3.57. The molecule has 0 aromatic rings. The van der Waals surface area contributed by atoms with Gasteiger partial charge in [-0.05, 0) is 19.3 Å². The van der Waals surface area contributed by atoms with Crippen LogP contribution in [0.5, 0.6) is 0 Å². The second kappa shape index (κ2) is 4.79. The van der Waals surface area contributed by atoms with Gasteiger partial charge in [-0.3, -0.25) is 9.59 Å². The summed E-state index contributed by atoms with van der Waals surface area (Å²) in [5, 5.41) is 17.5. The van der Waals surface area contributed by atoms with Gasteiger partial charge in [0, 0.05) is 0 Å². The Labute approximate surface area is 82.2 Å². The SMILES string of the molecule is O=C(O)C1/C=C\CC(C(=O)O)CCC1. The van der Waals surface area contributed by atoms with Gasteiger partial charge in [0.1, 0.15) is 0 Å². The molecule has 0 saturated carbocycles. The zero-order valence-electron chi connectivity index (χ0n) is 7.85. The van der Waals surface area contributed by atoms with Crippen LogP contribution in [0.25, 0.3) is 0 Å². The highest BCUT2D eigenvalue weighted by molar-refractivity contribution is 5.72. The van der Waals surface area contributed by atoms with Gasteiger partial charge in [0.05, 0.1) is 11.8 Å². The molecular formula is C10H14O4. The van der Waals surface area contributed by atoms with Crippen LogP contribution in [0, 0.1) is 11.8 Å². The monoisotopic (exact) mass is 198 g/mol. The van der Waals surface area contributed by atoms with Crippen molar-refractivity contribution < 1.29 is 19.8 Å². The lowest BCUT2D eigenvalue weighted by Crippen LogP contribution is -2.17. The largest absolute Gasteiger partial charge is 0.481 e. The molecule has 1 rings (SSSR count). The lowest BCUT2D eigenvalue weighted by molar-refractivity contribution is -0.141. The summed E-state index contributed by atoms with van der Waals surface area (Å²) in [6, 6.07) is 0. The molecule has 0 amide bonds. The Kier molecular flexibility index (Phi) is 3.68. The van der Waals surface area contributed by atoms with Gasteiger partial charge in [-0.2, -0.15) is 0 Å². The van der Waals surface area contributed by atoms with E-state index < -0.39 is 17.9 Å². The lowest BCUT2D eigenvalue weighted by Gasteiger charge is -2.15. The number of carboxylic acids is 2. The average molecular weight is 198 g/mol. The Balaban J connectivity index is 2.58. The fourth-order valence-corrected chi connectivity index (χ4v) is 1.64. The molecule has 0 aromatic carbocycles. The van der Waals surface area contributed by atoms with Crippen LogP contribution < -0.4 is 0 Å². The molecule has 0 radical (unpaired) electrons. The van der Waals surface area contributed by atoms with Crippen molar-refractivity contribution >= 4 is 11.9 Å². The molecule has 4 nitrogen and oxygen atoms in total. The number of hydrogen-bond acceptors (Lipinski definition) is 2. The van der Waals surface area contributed by atoms with Crippen LogP contribution in [0.2, 0.25) is 0 Å². The van der Waals surface area contributed by atoms with Gasteiger partial charge in [-0.15, -0.1) is 0 Å². The molecule has 78 valence electrons. The van der Waals surface area contributed by atoms with Crippen molar-refractivity contribution in [3.63, 3.8) is 0 Å². The van der Waals surface area contributed by atoms with Crippen molar-refractivity contribution in [3.05, 3.63) is 12.2 Å². The van der Waals surface area contributed by atoms with E-state index in [1.54, 1.807) is 12.2 Å². The Morgan fingerprint density at radius 1 is 1.14 bits per heavy atom. The van der Waals surface area contributed by atoms with Crippen LogP contribution >= 0.6 is 0 Å². The third-order valence-corrected chi connectivity index (χ3v) is 2.52. The summed E-state index contributed by atoms with van der Waals surface area (Å²) < 4.78 is 0. The summed E-state index contributed by atoms with van der Waals surface area (Å²) in [5.41, 5.74) is 0. The molecule has 0 heterocycles. The van der Waals surface area contributed by atoms with E-state index in [0.29, 0.717) is 25.7 Å². The van der Waals surface area contributed by atoms with Gasteiger partial charge in [-0.25, -0.2) is 0 Å². The number of allylic oxidation sites excluding steroid dienone is 1. The quantitative estimate of drug-likeness (QED) is 0.659. The maximum Gasteiger partial charge on any atom is 0.310 e. The average Bonchev–Trinajstić information content (AvgIpc) is 2.01. The van der Waals surface area contributed by atoms with Crippen LogP contribution in [0.15, 0.2) is 12.2 Å². The fraction of sp³-hybridized carbons (Fsp3) is 0.600. The zero-order chi connectivity index (χ0) is 10.6. The molecule has 0 aromatic heterocycles. The molecule has 1 aliphatic carbocycles. The van der Waals surface area contributed by atoms with Gasteiger partial charge in [0.15, 0.2) is 0 Å². The maximum absolute atomic E-state index is 10.7. The molecule has 0 fully saturated rings. The first kappa shape index (κ1) is 10.8. The van der Waals surface area contributed by atoms with Crippen molar-refractivity contribution in [2.75, 3.05) is 0 Å². The second-order valence-electron chi connectivity index (χ2n) is 3.57. The van der Waals surface area contributed by atoms with Crippen molar-refractivity contribution in [2.45, 2.75) is 25.7 Å². The van der Waals surface area contributed by atoms with Gasteiger partial charge >= 0.3 is 11.9 Å². The number of hydrogen-bond donors (Lipinski definition) is 2. The smallest absolute Gasteiger partial charge is 0.310 e. The summed E-state index contributed by atoms with van der Waals surface area (Å²) in [6.45, 7) is 0. The number of rotatable bonds is 2. The highest BCUT2D eigenvalue weighted by Gasteiger charge is 2.21. The van der Waals surface area contributed by atoms with E-state index in [4.69, 9.17) is 10.2 Å². The minimum Gasteiger partial charge on any atom is -0.481 e. The molecule has 14 heavy (non-hydrogen) atoms. The van der Waals surface area contributed by atoms with Crippen molar-refractivity contribution in [1.82, 2.24) is 0 Å². The first-order chi connectivity index (χ1) is 6.61. The Morgan fingerprint density at radius 3 is 2.43 bits per heavy atom. The van der Waals surface area contributed by atoms with E-state index in [1.165, 1.54) is 0 Å². The highest BCUT2D eigenvalue weighted by Crippen LogP contribution is 2.21. The number of aliphatic carboxylic acids is 2. The first-order valence-electron chi connectivity index (χ1n) is 4.73. The normalized spacial score (nSPS) is 30.0. The van der Waals surface area contributed by atoms with Gasteiger partial charge in [0.25, 0.3) is 0 Å². The lowest BCUT2D eigenvalue weighted by atomic mass is 9.90. The topological polar surface area (TPSA) is 74.6 Å². The van der Waals surface area contributed by atoms with Gasteiger partial charge in [-0.1, -0.05) is 18.6 Å². The van der Waals surface area contributed by atoms with Crippen LogP contribution in [0.1, 0.15) is 25.7 Å². The van der Waals surface area contributed by atoms with E-state index in [0.717, 1.165) is 0 Å². The van der Waals surface area contributed by atoms with Gasteiger partial charge in [0.2, 0.25) is 0 Å². The molecule has 0 aliphatic heterocycles. The molecule has 2 unspecified atom stereocenters. The molecular weight excluding hydrogens is 184 g/mol. The predicted octanol–water partition coefficient (Wildman–Crippen LogP) is 1.52. The highest BCUT2D eigenvalue weighted by atomic mass is 16.4. The van der Waals surface area contributed by atoms with Crippen LogP contribution in [-0.2, 0) is 9.59 Å². The van der Waals surface area contributed by atoms with E-state index in [1.807, 2.05) is 0 Å². The van der Waals surface area contributed by atoms with Crippen LogP contribution in [0.4, 0.5) is 0 Å². The third kappa shape index (κ3) is 2.87. The third-order valence-electron chi connectivity index (χ3n) is 2.52. The van der Waals surface area contributed by atoms with E-state index >= 15 is 0 Å². The van der Waals surface area contributed by atoms with E-state index in [9.17, 15) is 9.59 Å². The van der Waals surface area contributed by atoms with E-state index in [-0.39, 0.29) is 5.92 Å². The molecule has 1 aliphatic rings. The van der Waals surface area contributed by atoms with Crippen LogP contribution in [-0.4, -0.2) is 22.2 Å². The zero-order valence-corrected chi connectivity index (χ0v) is 7.85. The minimum absolute atomic E-state index is 0.346.